The fourth-order valence-corrected chi connectivity index (χ4v) is 5.01. The van der Waals surface area contributed by atoms with Crippen molar-refractivity contribution in [3.8, 4) is 22.7 Å². The van der Waals surface area contributed by atoms with E-state index in [1.54, 1.807) is 37.3 Å². The summed E-state index contributed by atoms with van der Waals surface area (Å²) in [6.45, 7) is 1.35. The average Bonchev–Trinajstić information content (AvgIpc) is 3.31. The summed E-state index contributed by atoms with van der Waals surface area (Å²) >= 11 is 0. The number of rotatable bonds is 9. The van der Waals surface area contributed by atoms with Gasteiger partial charge in [0.2, 0.25) is 15.9 Å². The van der Waals surface area contributed by atoms with Gasteiger partial charge in [0.05, 0.1) is 29.9 Å². The molecule has 4 aromatic rings. The van der Waals surface area contributed by atoms with Crippen molar-refractivity contribution in [1.29, 1.82) is 0 Å². The number of methoxy groups -OCH3 is 1. The van der Waals surface area contributed by atoms with Gasteiger partial charge in [0.15, 0.2) is 0 Å². The highest BCUT2D eigenvalue weighted by Crippen LogP contribution is 2.25. The number of halogens is 1. The molecule has 36 heavy (non-hydrogen) atoms. The molecule has 0 aliphatic rings. The Labute approximate surface area is 209 Å². The first-order valence-corrected chi connectivity index (χ1v) is 12.6. The van der Waals surface area contributed by atoms with Crippen LogP contribution in [0.4, 0.5) is 10.2 Å². The molecule has 8 nitrogen and oxygen atoms in total. The number of likely N-dealkylation sites (N-methyl/N-ethyl adjacent to an activating group) is 1. The van der Waals surface area contributed by atoms with Crippen LogP contribution in [0.3, 0.4) is 0 Å². The second-order valence-corrected chi connectivity index (χ2v) is 9.76. The summed E-state index contributed by atoms with van der Waals surface area (Å²) in [5, 5.41) is 7.34. The molecule has 0 atom stereocenters. The number of hydrogen-bond acceptors (Lipinski definition) is 5. The molecule has 3 aromatic carbocycles. The number of amides is 1. The predicted octanol–water partition coefficient (Wildman–Crippen LogP) is 4.34. The van der Waals surface area contributed by atoms with Crippen LogP contribution in [0.25, 0.3) is 16.9 Å². The molecule has 186 valence electrons. The zero-order valence-corrected chi connectivity index (χ0v) is 20.6. The van der Waals surface area contributed by atoms with E-state index in [0.29, 0.717) is 22.9 Å². The lowest BCUT2D eigenvalue weighted by Gasteiger charge is -2.20. The van der Waals surface area contributed by atoms with Gasteiger partial charge in [-0.15, -0.1) is 0 Å². The van der Waals surface area contributed by atoms with Crippen molar-refractivity contribution >= 4 is 21.7 Å². The van der Waals surface area contributed by atoms with Crippen LogP contribution >= 0.6 is 0 Å². The normalized spacial score (nSPS) is 11.4. The van der Waals surface area contributed by atoms with Crippen LogP contribution < -0.4 is 10.1 Å². The van der Waals surface area contributed by atoms with Crippen molar-refractivity contribution in [2.24, 2.45) is 0 Å². The standard InChI is InChI=1S/C26H25FN4O4S/c1-3-30(36(33,34)23-15-13-22(35-2)14-16-23)18-26(32)28-25-17-24(19-7-5-4-6-8-19)29-31(25)21-11-9-20(27)10-12-21/h4-17H,3,18H2,1-2H3,(H,28,32). The number of nitrogens with zero attached hydrogens (tertiary/aromatic N) is 3. The van der Waals surface area contributed by atoms with Gasteiger partial charge in [-0.25, -0.2) is 17.5 Å². The van der Waals surface area contributed by atoms with Crippen LogP contribution in [-0.2, 0) is 14.8 Å². The molecule has 4 rings (SSSR count). The zero-order valence-electron chi connectivity index (χ0n) is 19.8. The van der Waals surface area contributed by atoms with E-state index >= 15 is 0 Å². The Morgan fingerprint density at radius 3 is 2.31 bits per heavy atom. The van der Waals surface area contributed by atoms with Gasteiger partial charge in [0.1, 0.15) is 17.4 Å². The van der Waals surface area contributed by atoms with E-state index in [1.165, 1.54) is 36.1 Å². The van der Waals surface area contributed by atoms with Crippen molar-refractivity contribution in [2.75, 3.05) is 25.5 Å². The third-order valence-corrected chi connectivity index (χ3v) is 7.42. The number of nitrogens with one attached hydrogen (secondary N) is 1. The highest BCUT2D eigenvalue weighted by atomic mass is 32.2. The number of anilines is 1. The smallest absolute Gasteiger partial charge is 0.243 e. The fraction of sp³-hybridized carbons (Fsp3) is 0.154. The Morgan fingerprint density at radius 2 is 1.69 bits per heavy atom. The van der Waals surface area contributed by atoms with Crippen LogP contribution in [0.1, 0.15) is 6.92 Å². The monoisotopic (exact) mass is 508 g/mol. The van der Waals surface area contributed by atoms with E-state index in [0.717, 1.165) is 9.87 Å². The Kier molecular flexibility index (Phi) is 7.47. The lowest BCUT2D eigenvalue weighted by atomic mass is 10.2. The molecule has 0 saturated heterocycles. The fourth-order valence-electron chi connectivity index (χ4n) is 3.61. The number of ether oxygens (including phenoxy) is 1. The molecule has 10 heteroatoms. The van der Waals surface area contributed by atoms with Crippen molar-refractivity contribution in [3.05, 3.63) is 90.7 Å². The van der Waals surface area contributed by atoms with Gasteiger partial charge in [-0.3, -0.25) is 4.79 Å². The third-order valence-electron chi connectivity index (χ3n) is 5.49. The molecule has 0 bridgehead atoms. The first-order chi connectivity index (χ1) is 17.3. The van der Waals surface area contributed by atoms with Gasteiger partial charge in [0.25, 0.3) is 0 Å². The predicted molar refractivity (Wildman–Crippen MR) is 135 cm³/mol. The first kappa shape index (κ1) is 25.1. The van der Waals surface area contributed by atoms with Gasteiger partial charge >= 0.3 is 0 Å². The number of sulfonamides is 1. The first-order valence-electron chi connectivity index (χ1n) is 11.2. The third kappa shape index (κ3) is 5.45. The minimum absolute atomic E-state index is 0.0562. The second-order valence-electron chi connectivity index (χ2n) is 7.82. The summed E-state index contributed by atoms with van der Waals surface area (Å²) in [4.78, 5) is 13.1. The van der Waals surface area contributed by atoms with Gasteiger partial charge in [-0.1, -0.05) is 37.3 Å². The van der Waals surface area contributed by atoms with E-state index in [2.05, 4.69) is 10.4 Å². The topological polar surface area (TPSA) is 93.5 Å². The van der Waals surface area contributed by atoms with Crippen molar-refractivity contribution in [2.45, 2.75) is 11.8 Å². The van der Waals surface area contributed by atoms with E-state index < -0.39 is 28.3 Å². The molecule has 0 aliphatic heterocycles. The summed E-state index contributed by atoms with van der Waals surface area (Å²) in [6.07, 6.45) is 0. The molecule has 1 aromatic heterocycles. The van der Waals surface area contributed by atoms with Crippen LogP contribution in [-0.4, -0.2) is 48.6 Å². The maximum atomic E-state index is 13.5. The van der Waals surface area contributed by atoms with Gasteiger partial charge < -0.3 is 10.1 Å². The summed E-state index contributed by atoms with van der Waals surface area (Å²) < 4.78 is 47.4. The minimum atomic E-state index is -3.92. The highest BCUT2D eigenvalue weighted by Gasteiger charge is 2.26. The Morgan fingerprint density at radius 1 is 1.03 bits per heavy atom. The molecule has 0 saturated carbocycles. The van der Waals surface area contributed by atoms with Crippen LogP contribution in [0.5, 0.6) is 5.75 Å². The van der Waals surface area contributed by atoms with Gasteiger partial charge in [-0.2, -0.15) is 9.40 Å². The zero-order chi connectivity index (χ0) is 25.7. The van der Waals surface area contributed by atoms with Crippen molar-refractivity contribution in [1.82, 2.24) is 14.1 Å². The summed E-state index contributed by atoms with van der Waals surface area (Å²) in [7, 11) is -2.42. The number of benzene rings is 3. The van der Waals surface area contributed by atoms with E-state index in [1.807, 2.05) is 30.3 Å². The molecule has 0 fully saturated rings. The van der Waals surface area contributed by atoms with Crippen LogP contribution in [0.15, 0.2) is 89.8 Å². The molecule has 1 heterocycles. The lowest BCUT2D eigenvalue weighted by molar-refractivity contribution is -0.116. The highest BCUT2D eigenvalue weighted by molar-refractivity contribution is 7.89. The minimum Gasteiger partial charge on any atom is -0.497 e. The Hall–Kier alpha value is -4.02. The average molecular weight is 509 g/mol. The maximum absolute atomic E-state index is 13.5. The molecule has 0 radical (unpaired) electrons. The summed E-state index contributed by atoms with van der Waals surface area (Å²) in [5.74, 6) is -0.0970. The molecular weight excluding hydrogens is 483 g/mol. The van der Waals surface area contributed by atoms with E-state index in [4.69, 9.17) is 4.74 Å². The van der Waals surface area contributed by atoms with Crippen molar-refractivity contribution < 1.29 is 22.3 Å². The van der Waals surface area contributed by atoms with Gasteiger partial charge in [-0.05, 0) is 48.5 Å². The summed E-state index contributed by atoms with van der Waals surface area (Å²) in [5.41, 5.74) is 1.95. The number of aromatic nitrogens is 2. The van der Waals surface area contributed by atoms with Crippen LogP contribution in [0.2, 0.25) is 0 Å². The maximum Gasteiger partial charge on any atom is 0.243 e. The number of hydrogen-bond donors (Lipinski definition) is 1. The van der Waals surface area contributed by atoms with Crippen LogP contribution in [0, 0.1) is 5.82 Å². The number of carbonyl (C=O) groups is 1. The SMILES string of the molecule is CCN(CC(=O)Nc1cc(-c2ccccc2)nn1-c1ccc(F)cc1)S(=O)(=O)c1ccc(OC)cc1. The molecule has 0 aliphatic carbocycles. The molecule has 0 unspecified atom stereocenters. The molecule has 1 N–H and O–H groups in total. The molecule has 1 amide bonds. The Bertz CT molecular complexity index is 1440. The second kappa shape index (κ2) is 10.7. The number of carbonyl (C=O) groups excluding carboxylic acids is 1. The summed E-state index contributed by atoms with van der Waals surface area (Å²) in [6, 6.07) is 22.7. The van der Waals surface area contributed by atoms with E-state index in [-0.39, 0.29) is 11.4 Å². The largest absolute Gasteiger partial charge is 0.497 e. The van der Waals surface area contributed by atoms with Gasteiger partial charge in [0, 0.05) is 18.2 Å². The lowest BCUT2D eigenvalue weighted by Crippen LogP contribution is -2.38. The van der Waals surface area contributed by atoms with E-state index in [9.17, 15) is 17.6 Å². The molecule has 0 spiro atoms. The quantitative estimate of drug-likeness (QED) is 0.363. The van der Waals surface area contributed by atoms with Crippen molar-refractivity contribution in [3.63, 3.8) is 0 Å². The Balaban J connectivity index is 1.60. The molecular formula is C26H25FN4O4S.